The van der Waals surface area contributed by atoms with Gasteiger partial charge in [0.05, 0.1) is 5.88 Å². The molecule has 1 rings (SSSR count). The molecule has 0 amide bonds. The summed E-state index contributed by atoms with van der Waals surface area (Å²) >= 11 is 5.34. The number of halogens is 1. The van der Waals surface area contributed by atoms with E-state index in [-0.39, 0.29) is 11.7 Å². The number of alkyl halides is 1. The lowest BCUT2D eigenvalue weighted by molar-refractivity contribution is -0.117. The van der Waals surface area contributed by atoms with Crippen LogP contribution in [0.5, 0.6) is 0 Å². The van der Waals surface area contributed by atoms with Gasteiger partial charge in [0.15, 0.2) is 0 Å². The first-order valence-electron chi connectivity index (χ1n) is 3.24. The van der Waals surface area contributed by atoms with E-state index in [1.165, 1.54) is 12.8 Å². The van der Waals surface area contributed by atoms with Gasteiger partial charge in [-0.15, -0.1) is 11.6 Å². The summed E-state index contributed by atoms with van der Waals surface area (Å²) in [6.45, 7) is 2.14. The molecule has 0 aliphatic heterocycles. The molecule has 0 spiro atoms. The summed E-state index contributed by atoms with van der Waals surface area (Å²) in [6.07, 6.45) is 3.10. The predicted octanol–water partition coefficient (Wildman–Crippen LogP) is 1.98. The molecule has 1 aliphatic carbocycles. The number of rotatable bonds is 3. The van der Waals surface area contributed by atoms with Gasteiger partial charge < -0.3 is 0 Å². The van der Waals surface area contributed by atoms with Crippen molar-refractivity contribution >= 4 is 17.4 Å². The van der Waals surface area contributed by atoms with E-state index in [0.717, 1.165) is 0 Å². The number of carbonyl (C=O) groups is 1. The zero-order chi connectivity index (χ0) is 6.91. The fraction of sp³-hybridized carbons (Fsp3) is 0.857. The molecule has 1 nitrogen and oxygen atoms in total. The summed E-state index contributed by atoms with van der Waals surface area (Å²) in [7, 11) is 0. The number of carbonyl (C=O) groups excluding carboxylic acids is 1. The highest BCUT2D eigenvalue weighted by Crippen LogP contribution is 2.48. The topological polar surface area (TPSA) is 17.1 Å². The second kappa shape index (κ2) is 2.30. The minimum atomic E-state index is 0.190. The van der Waals surface area contributed by atoms with Crippen LogP contribution in [0, 0.1) is 5.41 Å². The summed E-state index contributed by atoms with van der Waals surface area (Å²) in [5, 5.41) is 0. The van der Waals surface area contributed by atoms with E-state index in [2.05, 4.69) is 6.92 Å². The van der Waals surface area contributed by atoms with Crippen LogP contribution in [0.1, 0.15) is 26.2 Å². The van der Waals surface area contributed by atoms with Gasteiger partial charge >= 0.3 is 0 Å². The summed E-state index contributed by atoms with van der Waals surface area (Å²) in [5.74, 6) is 0.381. The van der Waals surface area contributed by atoms with E-state index in [0.29, 0.717) is 11.8 Å². The molecule has 9 heavy (non-hydrogen) atoms. The van der Waals surface area contributed by atoms with Crippen molar-refractivity contribution in [2.45, 2.75) is 26.2 Å². The van der Waals surface area contributed by atoms with Crippen LogP contribution >= 0.6 is 11.6 Å². The number of ketones is 1. The predicted molar refractivity (Wildman–Crippen MR) is 37.7 cm³/mol. The Kier molecular flexibility index (Phi) is 1.80. The summed E-state index contributed by atoms with van der Waals surface area (Å²) in [5.41, 5.74) is 0.339. The molecule has 2 heteroatoms. The lowest BCUT2D eigenvalue weighted by Crippen LogP contribution is -2.06. The zero-order valence-electron chi connectivity index (χ0n) is 5.61. The standard InChI is InChI=1S/C7H11ClO/c1-7(2-3-7)4-6(9)5-8/h2-5H2,1H3. The van der Waals surface area contributed by atoms with E-state index in [9.17, 15) is 4.79 Å². The monoisotopic (exact) mass is 146 g/mol. The van der Waals surface area contributed by atoms with Gasteiger partial charge in [-0.3, -0.25) is 4.79 Å². The summed E-state index contributed by atoms with van der Waals surface area (Å²) in [6, 6.07) is 0. The maximum atomic E-state index is 10.7. The van der Waals surface area contributed by atoms with Crippen molar-refractivity contribution < 1.29 is 4.79 Å². The maximum absolute atomic E-state index is 10.7. The molecule has 0 heterocycles. The highest BCUT2D eigenvalue weighted by Gasteiger charge is 2.38. The quantitative estimate of drug-likeness (QED) is 0.557. The third kappa shape index (κ3) is 1.98. The van der Waals surface area contributed by atoms with Gasteiger partial charge in [-0.25, -0.2) is 0 Å². The van der Waals surface area contributed by atoms with Crippen LogP contribution in [0.15, 0.2) is 0 Å². The van der Waals surface area contributed by atoms with E-state index < -0.39 is 0 Å². The third-order valence-electron chi connectivity index (χ3n) is 1.88. The van der Waals surface area contributed by atoms with Crippen LogP contribution in [0.4, 0.5) is 0 Å². The van der Waals surface area contributed by atoms with Gasteiger partial charge in [-0.05, 0) is 18.3 Å². The van der Waals surface area contributed by atoms with Crippen molar-refractivity contribution in [3.63, 3.8) is 0 Å². The molecule has 0 radical (unpaired) electrons. The second-order valence-corrected chi connectivity index (χ2v) is 3.43. The van der Waals surface area contributed by atoms with Gasteiger partial charge in [0.25, 0.3) is 0 Å². The Hall–Kier alpha value is -0.0400. The Morgan fingerprint density at radius 2 is 2.22 bits per heavy atom. The van der Waals surface area contributed by atoms with Crippen LogP contribution in [0.25, 0.3) is 0 Å². The largest absolute Gasteiger partial charge is 0.298 e. The first-order valence-corrected chi connectivity index (χ1v) is 3.77. The fourth-order valence-corrected chi connectivity index (χ4v) is 1.01. The highest BCUT2D eigenvalue weighted by molar-refractivity contribution is 6.27. The maximum Gasteiger partial charge on any atom is 0.148 e. The summed E-state index contributed by atoms with van der Waals surface area (Å²) < 4.78 is 0. The molecule has 0 aromatic heterocycles. The molecule has 0 atom stereocenters. The van der Waals surface area contributed by atoms with Crippen LogP contribution in [0.2, 0.25) is 0 Å². The average molecular weight is 147 g/mol. The number of Topliss-reactive ketones (excluding diaryl/α,β-unsaturated/α-hetero) is 1. The van der Waals surface area contributed by atoms with Crippen LogP contribution < -0.4 is 0 Å². The lowest BCUT2D eigenvalue weighted by Gasteiger charge is -2.02. The second-order valence-electron chi connectivity index (χ2n) is 3.16. The minimum absolute atomic E-state index is 0.190. The first-order chi connectivity index (χ1) is 4.16. The molecule has 1 fully saturated rings. The smallest absolute Gasteiger partial charge is 0.148 e. The van der Waals surface area contributed by atoms with Crippen LogP contribution in [-0.2, 0) is 4.79 Å². The highest BCUT2D eigenvalue weighted by atomic mass is 35.5. The normalized spacial score (nSPS) is 21.6. The molecule has 1 aliphatic rings. The first kappa shape index (κ1) is 7.07. The Bertz CT molecular complexity index is 127. The number of hydrogen-bond donors (Lipinski definition) is 0. The molecule has 0 unspecified atom stereocenters. The van der Waals surface area contributed by atoms with Gasteiger partial charge in [-0.1, -0.05) is 6.92 Å². The molecule has 0 saturated heterocycles. The van der Waals surface area contributed by atoms with Crippen molar-refractivity contribution in [3.8, 4) is 0 Å². The Morgan fingerprint density at radius 1 is 1.67 bits per heavy atom. The Morgan fingerprint density at radius 3 is 2.56 bits per heavy atom. The SMILES string of the molecule is CC1(CC(=O)CCl)CC1. The van der Waals surface area contributed by atoms with E-state index in [4.69, 9.17) is 11.6 Å². The minimum Gasteiger partial charge on any atom is -0.298 e. The Labute approximate surface area is 60.4 Å². The molecule has 0 N–H and O–H groups in total. The molecule has 52 valence electrons. The molecule has 0 bridgehead atoms. The summed E-state index contributed by atoms with van der Waals surface area (Å²) in [4.78, 5) is 10.7. The zero-order valence-corrected chi connectivity index (χ0v) is 6.37. The van der Waals surface area contributed by atoms with Gasteiger partial charge in [0, 0.05) is 6.42 Å². The van der Waals surface area contributed by atoms with Crippen molar-refractivity contribution in [2.24, 2.45) is 5.41 Å². The van der Waals surface area contributed by atoms with Gasteiger partial charge in [-0.2, -0.15) is 0 Å². The molecular formula is C7H11ClO. The molecule has 0 aromatic rings. The average Bonchev–Trinajstić information content (AvgIpc) is 2.48. The van der Waals surface area contributed by atoms with Crippen molar-refractivity contribution in [3.05, 3.63) is 0 Å². The molecule has 0 aromatic carbocycles. The number of hydrogen-bond acceptors (Lipinski definition) is 1. The van der Waals surface area contributed by atoms with Crippen LogP contribution in [0.3, 0.4) is 0 Å². The van der Waals surface area contributed by atoms with Crippen molar-refractivity contribution in [1.29, 1.82) is 0 Å². The van der Waals surface area contributed by atoms with Crippen molar-refractivity contribution in [1.82, 2.24) is 0 Å². The van der Waals surface area contributed by atoms with E-state index >= 15 is 0 Å². The van der Waals surface area contributed by atoms with Gasteiger partial charge in [0.1, 0.15) is 5.78 Å². The van der Waals surface area contributed by atoms with Crippen LogP contribution in [-0.4, -0.2) is 11.7 Å². The third-order valence-corrected chi connectivity index (χ3v) is 2.17. The van der Waals surface area contributed by atoms with E-state index in [1.807, 2.05) is 0 Å². The Balaban J connectivity index is 2.25. The molecular weight excluding hydrogens is 136 g/mol. The fourth-order valence-electron chi connectivity index (χ4n) is 0.913. The van der Waals surface area contributed by atoms with Gasteiger partial charge in [0.2, 0.25) is 0 Å². The van der Waals surface area contributed by atoms with Crippen molar-refractivity contribution in [2.75, 3.05) is 5.88 Å². The van der Waals surface area contributed by atoms with E-state index in [1.54, 1.807) is 0 Å². The molecule has 1 saturated carbocycles. The lowest BCUT2D eigenvalue weighted by atomic mass is 10.0.